The number of benzene rings is 2. The summed E-state index contributed by atoms with van der Waals surface area (Å²) < 4.78 is 10.8. The van der Waals surface area contributed by atoms with E-state index >= 15 is 0 Å². The van der Waals surface area contributed by atoms with Gasteiger partial charge in [0.05, 0.1) is 12.2 Å². The highest BCUT2D eigenvalue weighted by Gasteiger charge is 2.23. The highest BCUT2D eigenvalue weighted by Crippen LogP contribution is 2.28. The second-order valence-electron chi connectivity index (χ2n) is 6.07. The van der Waals surface area contributed by atoms with Crippen LogP contribution in [0.25, 0.3) is 0 Å². The molecule has 1 atom stereocenters. The normalized spacial score (nSPS) is 13.1. The molecule has 0 saturated carbocycles. The molecule has 2 aromatic rings. The molecule has 5 heteroatoms. The number of ether oxygens (including phenoxy) is 2. The smallest absolute Gasteiger partial charge is 0.305 e. The van der Waals surface area contributed by atoms with Gasteiger partial charge in [-0.25, -0.2) is 0 Å². The fourth-order valence-corrected chi connectivity index (χ4v) is 2.43. The van der Waals surface area contributed by atoms with Gasteiger partial charge in [-0.3, -0.25) is 4.79 Å². The van der Waals surface area contributed by atoms with E-state index in [0.717, 1.165) is 12.0 Å². The second-order valence-corrected chi connectivity index (χ2v) is 6.51. The van der Waals surface area contributed by atoms with Gasteiger partial charge in [-0.15, -0.1) is 0 Å². The molecule has 0 fully saturated rings. The lowest BCUT2D eigenvalue weighted by Gasteiger charge is -2.24. The Bertz CT molecular complexity index is 678. The van der Waals surface area contributed by atoms with Crippen LogP contribution in [0.15, 0.2) is 48.5 Å². The maximum atomic E-state index is 11.4. The van der Waals surface area contributed by atoms with Gasteiger partial charge in [0, 0.05) is 17.9 Å². The quantitative estimate of drug-likeness (QED) is 0.666. The van der Waals surface area contributed by atoms with E-state index < -0.39 is 5.60 Å². The van der Waals surface area contributed by atoms with E-state index in [-0.39, 0.29) is 12.6 Å². The number of rotatable bonds is 8. The van der Waals surface area contributed by atoms with Crippen LogP contribution >= 0.6 is 11.6 Å². The van der Waals surface area contributed by atoms with Crippen molar-refractivity contribution in [2.75, 3.05) is 6.61 Å². The van der Waals surface area contributed by atoms with Gasteiger partial charge in [0.15, 0.2) is 0 Å². The number of carbonyl (C=O) groups excluding carboxylic acids is 1. The zero-order valence-corrected chi connectivity index (χ0v) is 15.3. The topological polar surface area (TPSA) is 55.8 Å². The first-order chi connectivity index (χ1) is 11.9. The van der Waals surface area contributed by atoms with E-state index in [1.165, 1.54) is 0 Å². The number of aliphatic hydroxyl groups is 1. The van der Waals surface area contributed by atoms with Crippen LogP contribution in [0.2, 0.25) is 5.02 Å². The number of esters is 1. The molecule has 0 aliphatic heterocycles. The van der Waals surface area contributed by atoms with Crippen LogP contribution in [-0.2, 0) is 15.1 Å². The highest BCUT2D eigenvalue weighted by molar-refractivity contribution is 6.30. The molecule has 25 heavy (non-hydrogen) atoms. The third kappa shape index (κ3) is 6.07. The zero-order chi connectivity index (χ0) is 18.3. The molecule has 0 saturated heterocycles. The van der Waals surface area contributed by atoms with E-state index in [4.69, 9.17) is 21.1 Å². The van der Waals surface area contributed by atoms with Crippen molar-refractivity contribution in [3.05, 3.63) is 59.1 Å². The minimum atomic E-state index is -1.08. The molecule has 4 nitrogen and oxygen atoms in total. The standard InChI is InChI=1S/C20H23ClO4/c1-3-4-19(22)24-14-13-20(2,23)15-5-9-17(10-6-15)25-18-11-7-16(21)8-12-18/h5-12,23H,3-4,13-14H2,1-2H3. The van der Waals surface area contributed by atoms with Gasteiger partial charge in [-0.05, 0) is 55.3 Å². The summed E-state index contributed by atoms with van der Waals surface area (Å²) >= 11 is 5.85. The summed E-state index contributed by atoms with van der Waals surface area (Å²) in [5.41, 5.74) is -0.340. The Morgan fingerprint density at radius 1 is 1.08 bits per heavy atom. The number of carbonyl (C=O) groups is 1. The minimum Gasteiger partial charge on any atom is -0.466 e. The van der Waals surface area contributed by atoms with E-state index in [9.17, 15) is 9.90 Å². The summed E-state index contributed by atoms with van der Waals surface area (Å²) in [5.74, 6) is 1.12. The summed E-state index contributed by atoms with van der Waals surface area (Å²) in [6.45, 7) is 3.82. The molecule has 0 aliphatic rings. The fraction of sp³-hybridized carbons (Fsp3) is 0.350. The molecule has 2 aromatic carbocycles. The molecule has 0 aromatic heterocycles. The van der Waals surface area contributed by atoms with Crippen LogP contribution in [0, 0.1) is 0 Å². The maximum absolute atomic E-state index is 11.4. The van der Waals surface area contributed by atoms with Crippen molar-refractivity contribution in [3.8, 4) is 11.5 Å². The molecule has 0 amide bonds. The Kier molecular flexibility index (Phi) is 6.85. The van der Waals surface area contributed by atoms with E-state index in [0.29, 0.717) is 29.4 Å². The van der Waals surface area contributed by atoms with Crippen molar-refractivity contribution in [2.24, 2.45) is 0 Å². The third-order valence-corrected chi connectivity index (χ3v) is 4.08. The lowest BCUT2D eigenvalue weighted by atomic mass is 9.93. The molecule has 2 rings (SSSR count). The SMILES string of the molecule is CCCC(=O)OCCC(C)(O)c1ccc(Oc2ccc(Cl)cc2)cc1. The van der Waals surface area contributed by atoms with Crippen molar-refractivity contribution in [1.82, 2.24) is 0 Å². The molecule has 0 radical (unpaired) electrons. The van der Waals surface area contributed by atoms with Crippen LogP contribution in [0.4, 0.5) is 0 Å². The molecule has 0 bridgehead atoms. The van der Waals surface area contributed by atoms with Crippen molar-refractivity contribution >= 4 is 17.6 Å². The van der Waals surface area contributed by atoms with Crippen LogP contribution in [-0.4, -0.2) is 17.7 Å². The van der Waals surface area contributed by atoms with Crippen LogP contribution in [0.1, 0.15) is 38.7 Å². The van der Waals surface area contributed by atoms with Gasteiger partial charge in [-0.2, -0.15) is 0 Å². The summed E-state index contributed by atoms with van der Waals surface area (Å²) in [4.78, 5) is 11.4. The van der Waals surface area contributed by atoms with Gasteiger partial charge in [0.2, 0.25) is 0 Å². The van der Waals surface area contributed by atoms with Crippen molar-refractivity contribution in [1.29, 1.82) is 0 Å². The van der Waals surface area contributed by atoms with Gasteiger partial charge >= 0.3 is 5.97 Å². The van der Waals surface area contributed by atoms with Gasteiger partial charge < -0.3 is 14.6 Å². The van der Waals surface area contributed by atoms with E-state index in [1.54, 1.807) is 55.5 Å². The first kappa shape index (κ1) is 19.3. The summed E-state index contributed by atoms with van der Waals surface area (Å²) in [6.07, 6.45) is 1.49. The largest absolute Gasteiger partial charge is 0.466 e. The Morgan fingerprint density at radius 3 is 2.20 bits per heavy atom. The lowest BCUT2D eigenvalue weighted by Crippen LogP contribution is -2.24. The van der Waals surface area contributed by atoms with Crippen molar-refractivity contribution in [2.45, 2.75) is 38.7 Å². The number of hydrogen-bond donors (Lipinski definition) is 1. The summed E-state index contributed by atoms with van der Waals surface area (Å²) in [5, 5.41) is 11.2. The predicted octanol–water partition coefficient (Wildman–Crippen LogP) is 5.07. The number of halogens is 1. The Morgan fingerprint density at radius 2 is 1.64 bits per heavy atom. The summed E-state index contributed by atoms with van der Waals surface area (Å²) in [7, 11) is 0. The predicted molar refractivity (Wildman–Crippen MR) is 98.0 cm³/mol. The third-order valence-electron chi connectivity index (χ3n) is 3.83. The summed E-state index contributed by atoms with van der Waals surface area (Å²) in [6, 6.07) is 14.3. The van der Waals surface area contributed by atoms with Crippen LogP contribution < -0.4 is 4.74 Å². The van der Waals surface area contributed by atoms with E-state index in [2.05, 4.69) is 0 Å². The van der Waals surface area contributed by atoms with E-state index in [1.807, 2.05) is 6.92 Å². The molecule has 134 valence electrons. The van der Waals surface area contributed by atoms with Gasteiger partial charge in [0.1, 0.15) is 11.5 Å². The second kappa shape index (κ2) is 8.88. The zero-order valence-electron chi connectivity index (χ0n) is 14.5. The average Bonchev–Trinajstić information content (AvgIpc) is 2.57. The average molecular weight is 363 g/mol. The molecule has 0 heterocycles. The molecular formula is C20H23ClO4. The van der Waals surface area contributed by atoms with Crippen molar-refractivity contribution < 1.29 is 19.4 Å². The highest BCUT2D eigenvalue weighted by atomic mass is 35.5. The number of hydrogen-bond acceptors (Lipinski definition) is 4. The minimum absolute atomic E-state index is 0.189. The van der Waals surface area contributed by atoms with Gasteiger partial charge in [0.25, 0.3) is 0 Å². The molecule has 1 N–H and O–H groups in total. The first-order valence-corrected chi connectivity index (χ1v) is 8.70. The molecule has 1 unspecified atom stereocenters. The van der Waals surface area contributed by atoms with Gasteiger partial charge in [-0.1, -0.05) is 30.7 Å². The molecular weight excluding hydrogens is 340 g/mol. The lowest BCUT2D eigenvalue weighted by molar-refractivity contribution is -0.145. The van der Waals surface area contributed by atoms with Crippen LogP contribution in [0.3, 0.4) is 0 Å². The van der Waals surface area contributed by atoms with Crippen molar-refractivity contribution in [3.63, 3.8) is 0 Å². The van der Waals surface area contributed by atoms with Crippen LogP contribution in [0.5, 0.6) is 11.5 Å². The molecule has 0 spiro atoms. The Hall–Kier alpha value is -2.04. The fourth-order valence-electron chi connectivity index (χ4n) is 2.30. The first-order valence-electron chi connectivity index (χ1n) is 8.32. The monoisotopic (exact) mass is 362 g/mol. The molecule has 0 aliphatic carbocycles. The Labute approximate surface area is 153 Å². The Balaban J connectivity index is 1.93. The maximum Gasteiger partial charge on any atom is 0.305 e.